The lowest BCUT2D eigenvalue weighted by Crippen LogP contribution is -2.13. The number of benzene rings is 2. The summed E-state index contributed by atoms with van der Waals surface area (Å²) in [6, 6.07) is 17.4. The molecule has 1 amide bonds. The van der Waals surface area contributed by atoms with Crippen molar-refractivity contribution in [1.82, 2.24) is 0 Å². The van der Waals surface area contributed by atoms with Gasteiger partial charge in [-0.05, 0) is 42.7 Å². The van der Waals surface area contributed by atoms with E-state index < -0.39 is 0 Å². The number of unbranched alkanes of at least 4 members (excludes halogenated alkanes) is 1. The zero-order chi connectivity index (χ0) is 16.5. The van der Waals surface area contributed by atoms with Gasteiger partial charge in [0.1, 0.15) is 0 Å². The fraction of sp³-hybridized carbons (Fsp3) is 0.263. The normalized spacial score (nSPS) is 10.1. The second kappa shape index (κ2) is 9.02. The lowest BCUT2D eigenvalue weighted by Gasteiger charge is -2.09. The van der Waals surface area contributed by atoms with Gasteiger partial charge in [-0.1, -0.05) is 37.6 Å². The van der Waals surface area contributed by atoms with E-state index in [1.54, 1.807) is 6.07 Å². The minimum Gasteiger partial charge on any atom is -0.322 e. The van der Waals surface area contributed by atoms with Gasteiger partial charge in [0.25, 0.3) is 5.91 Å². The van der Waals surface area contributed by atoms with Crippen LogP contribution in [0.2, 0.25) is 0 Å². The number of carbonyl (C=O) groups is 1. The molecule has 0 heterocycles. The van der Waals surface area contributed by atoms with Gasteiger partial charge in [-0.15, -0.1) is 11.8 Å². The van der Waals surface area contributed by atoms with Crippen LogP contribution in [0, 0.1) is 11.3 Å². The van der Waals surface area contributed by atoms with Crippen LogP contribution >= 0.6 is 11.8 Å². The molecule has 0 aromatic heterocycles. The number of thioether (sulfide) groups is 1. The summed E-state index contributed by atoms with van der Waals surface area (Å²) >= 11 is 1.38. The minimum absolute atomic E-state index is 0.146. The van der Waals surface area contributed by atoms with Gasteiger partial charge >= 0.3 is 0 Å². The Bertz CT molecular complexity index is 689. The Kier molecular flexibility index (Phi) is 6.71. The number of amides is 1. The largest absolute Gasteiger partial charge is 0.322 e. The SMILES string of the molecule is CCCCc1ccc(NC(=O)c2ccccc2SCC#N)cc1. The van der Waals surface area contributed by atoms with Crippen molar-refractivity contribution in [2.24, 2.45) is 0 Å². The molecule has 118 valence electrons. The number of nitriles is 1. The van der Waals surface area contributed by atoms with Gasteiger partial charge in [-0.3, -0.25) is 4.79 Å². The Morgan fingerprint density at radius 2 is 1.91 bits per heavy atom. The molecule has 0 aliphatic carbocycles. The summed E-state index contributed by atoms with van der Waals surface area (Å²) in [5.74, 6) is 0.184. The number of rotatable bonds is 7. The monoisotopic (exact) mass is 324 g/mol. The predicted octanol–water partition coefficient (Wildman–Crippen LogP) is 4.90. The third-order valence-electron chi connectivity index (χ3n) is 3.45. The molecule has 0 aliphatic rings. The summed E-state index contributed by atoms with van der Waals surface area (Å²) in [6.45, 7) is 2.18. The lowest BCUT2D eigenvalue weighted by molar-refractivity contribution is 0.102. The molecular formula is C19H20N2OS. The molecule has 0 saturated heterocycles. The van der Waals surface area contributed by atoms with Crippen LogP contribution in [0.4, 0.5) is 5.69 Å². The molecular weight excluding hydrogens is 304 g/mol. The van der Waals surface area contributed by atoms with Gasteiger partial charge in [-0.25, -0.2) is 0 Å². The van der Waals surface area contributed by atoms with Crippen molar-refractivity contribution in [3.8, 4) is 6.07 Å². The fourth-order valence-electron chi connectivity index (χ4n) is 2.22. The van der Waals surface area contributed by atoms with Crippen LogP contribution in [0.5, 0.6) is 0 Å². The highest BCUT2D eigenvalue weighted by atomic mass is 32.2. The summed E-state index contributed by atoms with van der Waals surface area (Å²) in [7, 11) is 0. The molecule has 23 heavy (non-hydrogen) atoms. The van der Waals surface area contributed by atoms with Crippen molar-refractivity contribution >= 4 is 23.4 Å². The van der Waals surface area contributed by atoms with Crippen molar-refractivity contribution < 1.29 is 4.79 Å². The van der Waals surface area contributed by atoms with E-state index in [1.807, 2.05) is 30.3 Å². The van der Waals surface area contributed by atoms with Crippen LogP contribution < -0.4 is 5.32 Å². The van der Waals surface area contributed by atoms with Gasteiger partial charge in [-0.2, -0.15) is 5.26 Å². The predicted molar refractivity (Wildman–Crippen MR) is 95.8 cm³/mol. The molecule has 0 fully saturated rings. The minimum atomic E-state index is -0.146. The zero-order valence-electron chi connectivity index (χ0n) is 13.2. The highest BCUT2D eigenvalue weighted by Gasteiger charge is 2.11. The Morgan fingerprint density at radius 3 is 2.61 bits per heavy atom. The van der Waals surface area contributed by atoms with E-state index in [4.69, 9.17) is 5.26 Å². The third-order valence-corrected chi connectivity index (χ3v) is 4.40. The average Bonchev–Trinajstić information content (AvgIpc) is 2.59. The van der Waals surface area contributed by atoms with Crippen LogP contribution in [-0.2, 0) is 6.42 Å². The van der Waals surface area contributed by atoms with Crippen molar-refractivity contribution in [2.75, 3.05) is 11.1 Å². The van der Waals surface area contributed by atoms with Gasteiger partial charge in [0.15, 0.2) is 0 Å². The van der Waals surface area contributed by atoms with Crippen LogP contribution in [-0.4, -0.2) is 11.7 Å². The highest BCUT2D eigenvalue weighted by Crippen LogP contribution is 2.23. The summed E-state index contributed by atoms with van der Waals surface area (Å²) < 4.78 is 0. The smallest absolute Gasteiger partial charge is 0.256 e. The van der Waals surface area contributed by atoms with Crippen LogP contribution in [0.3, 0.4) is 0 Å². The Hall–Kier alpha value is -2.25. The summed E-state index contributed by atoms with van der Waals surface area (Å²) in [6.07, 6.45) is 3.42. The maximum atomic E-state index is 12.4. The van der Waals surface area contributed by atoms with Crippen molar-refractivity contribution in [1.29, 1.82) is 5.26 Å². The standard InChI is InChI=1S/C19H20N2OS/c1-2-3-6-15-9-11-16(12-10-15)21-19(22)17-7-4-5-8-18(17)23-14-13-20/h4-5,7-12H,2-3,6,14H2,1H3,(H,21,22). The van der Waals surface area contributed by atoms with Gasteiger partial charge in [0.05, 0.1) is 17.4 Å². The lowest BCUT2D eigenvalue weighted by atomic mass is 10.1. The van der Waals surface area contributed by atoms with E-state index in [-0.39, 0.29) is 5.91 Å². The van der Waals surface area contributed by atoms with Crippen molar-refractivity contribution in [2.45, 2.75) is 31.1 Å². The van der Waals surface area contributed by atoms with E-state index in [0.717, 1.165) is 17.0 Å². The molecule has 1 N–H and O–H groups in total. The molecule has 2 aromatic carbocycles. The van der Waals surface area contributed by atoms with Crippen molar-refractivity contribution in [3.05, 3.63) is 59.7 Å². The first-order valence-corrected chi connectivity index (χ1v) is 8.72. The Balaban J connectivity index is 2.06. The van der Waals surface area contributed by atoms with E-state index in [9.17, 15) is 4.79 Å². The number of hydrogen-bond acceptors (Lipinski definition) is 3. The zero-order valence-corrected chi connectivity index (χ0v) is 14.0. The van der Waals surface area contributed by atoms with Crippen LogP contribution in [0.15, 0.2) is 53.4 Å². The summed E-state index contributed by atoms with van der Waals surface area (Å²) in [4.78, 5) is 13.3. The molecule has 2 aromatic rings. The molecule has 0 spiro atoms. The average molecular weight is 324 g/mol. The Labute approximate surface area is 141 Å². The molecule has 0 saturated carbocycles. The second-order valence-corrected chi connectivity index (χ2v) is 6.21. The maximum absolute atomic E-state index is 12.4. The number of carbonyl (C=O) groups excluding carboxylic acids is 1. The number of nitrogens with zero attached hydrogens (tertiary/aromatic N) is 1. The molecule has 0 aliphatic heterocycles. The first kappa shape index (κ1) is 17.1. The third kappa shape index (κ3) is 5.15. The van der Waals surface area contributed by atoms with E-state index >= 15 is 0 Å². The summed E-state index contributed by atoms with van der Waals surface area (Å²) in [5.41, 5.74) is 2.67. The maximum Gasteiger partial charge on any atom is 0.256 e. The molecule has 0 bridgehead atoms. The molecule has 0 unspecified atom stereocenters. The Morgan fingerprint density at radius 1 is 1.17 bits per heavy atom. The molecule has 2 rings (SSSR count). The first-order valence-electron chi connectivity index (χ1n) is 7.73. The summed E-state index contributed by atoms with van der Waals surface area (Å²) in [5, 5.41) is 11.6. The number of hydrogen-bond donors (Lipinski definition) is 1. The quantitative estimate of drug-likeness (QED) is 0.737. The van der Waals surface area contributed by atoms with E-state index in [1.165, 1.54) is 30.2 Å². The van der Waals surface area contributed by atoms with Crippen LogP contribution in [0.1, 0.15) is 35.7 Å². The van der Waals surface area contributed by atoms with Gasteiger partial charge < -0.3 is 5.32 Å². The molecule has 4 heteroatoms. The molecule has 0 atom stereocenters. The number of aryl methyl sites for hydroxylation is 1. The van der Waals surface area contributed by atoms with Crippen molar-refractivity contribution in [3.63, 3.8) is 0 Å². The van der Waals surface area contributed by atoms with E-state index in [0.29, 0.717) is 11.3 Å². The van der Waals surface area contributed by atoms with Gasteiger partial charge in [0, 0.05) is 10.6 Å². The molecule has 3 nitrogen and oxygen atoms in total. The fourth-order valence-corrected chi connectivity index (χ4v) is 2.94. The van der Waals surface area contributed by atoms with Gasteiger partial charge in [0.2, 0.25) is 0 Å². The number of anilines is 1. The topological polar surface area (TPSA) is 52.9 Å². The molecule has 0 radical (unpaired) electrons. The second-order valence-electron chi connectivity index (χ2n) is 5.20. The highest BCUT2D eigenvalue weighted by molar-refractivity contribution is 7.99. The number of nitrogens with one attached hydrogen (secondary N) is 1. The van der Waals surface area contributed by atoms with E-state index in [2.05, 4.69) is 30.4 Å². The van der Waals surface area contributed by atoms with Crippen LogP contribution in [0.25, 0.3) is 0 Å². The first-order chi connectivity index (χ1) is 11.2.